The number of anilines is 3. The Morgan fingerprint density at radius 2 is 1.14 bits per heavy atom. The van der Waals surface area contributed by atoms with Gasteiger partial charge in [0.25, 0.3) is 0 Å². The lowest BCUT2D eigenvalue weighted by molar-refractivity contribution is -0.412. The van der Waals surface area contributed by atoms with Gasteiger partial charge in [-0.3, -0.25) is 0 Å². The van der Waals surface area contributed by atoms with Gasteiger partial charge in [0, 0.05) is 41.9 Å². The van der Waals surface area contributed by atoms with Crippen LogP contribution in [0.5, 0.6) is 0 Å². The van der Waals surface area contributed by atoms with E-state index in [0.717, 1.165) is 42.9 Å². The first-order valence-electron chi connectivity index (χ1n) is 26.1. The topological polar surface area (TPSA) is 3.24 Å². The molecule has 0 amide bonds. The van der Waals surface area contributed by atoms with Gasteiger partial charge in [-0.15, -0.1) is 11.3 Å². The molecule has 1 heterocycles. The van der Waals surface area contributed by atoms with Crippen molar-refractivity contribution in [2.24, 2.45) is 35.0 Å². The summed E-state index contributed by atoms with van der Waals surface area (Å²) < 4.78 is 2.76. The van der Waals surface area contributed by atoms with Crippen LogP contribution in [0.25, 0.3) is 66.8 Å². The minimum Gasteiger partial charge on any atom is -0.309 e. The van der Waals surface area contributed by atoms with E-state index in [0.29, 0.717) is 11.3 Å². The molecule has 5 unspecified atom stereocenters. The van der Waals surface area contributed by atoms with Gasteiger partial charge in [-0.2, -0.15) is 0 Å². The quantitative estimate of drug-likeness (QED) is 0.154. The van der Waals surface area contributed by atoms with Crippen LogP contribution in [0.2, 0.25) is 0 Å². The van der Waals surface area contributed by atoms with E-state index in [1.165, 1.54) is 122 Å². The van der Waals surface area contributed by atoms with Crippen molar-refractivity contribution in [2.45, 2.75) is 50.9 Å². The van der Waals surface area contributed by atoms with Crippen molar-refractivity contribution in [1.29, 1.82) is 0 Å². The van der Waals surface area contributed by atoms with E-state index in [1.807, 2.05) is 11.3 Å². The Bertz CT molecular complexity index is 3960. The van der Waals surface area contributed by atoms with Gasteiger partial charge in [0.05, 0.1) is 17.1 Å². The Kier molecular flexibility index (Phi) is 8.26. The third-order valence-corrected chi connectivity index (χ3v) is 20.3. The summed E-state index contributed by atoms with van der Waals surface area (Å²) in [5, 5.41) is 5.47. The molecule has 2 heteroatoms. The summed E-state index contributed by atoms with van der Waals surface area (Å²) in [5.41, 5.74) is 21.3. The van der Waals surface area contributed by atoms with E-state index >= 15 is 0 Å². The molecule has 2 spiro atoms. The van der Waals surface area contributed by atoms with Crippen LogP contribution >= 0.6 is 11.3 Å². The third-order valence-electron chi connectivity index (χ3n) is 19.1. The second-order valence-corrected chi connectivity index (χ2v) is 22.8. The van der Waals surface area contributed by atoms with Crippen molar-refractivity contribution in [3.63, 3.8) is 0 Å². The second-order valence-electron chi connectivity index (χ2n) is 21.7. The monoisotopic (exact) mass is 915 g/mol. The van der Waals surface area contributed by atoms with Crippen LogP contribution < -0.4 is 25.1 Å². The van der Waals surface area contributed by atoms with Crippen molar-refractivity contribution in [1.82, 2.24) is 0 Å². The molecule has 4 fully saturated rings. The molecule has 4 saturated carbocycles. The molecule has 16 rings (SSSR count). The lowest BCUT2D eigenvalue weighted by Gasteiger charge is -2.92. The highest BCUT2D eigenvalue weighted by atomic mass is 32.1. The molecule has 336 valence electrons. The fraction of sp³-hybridized carbons (Fsp3) is 0.206. The van der Waals surface area contributed by atoms with Gasteiger partial charge in [0.1, 0.15) is 0 Å². The van der Waals surface area contributed by atoms with Crippen molar-refractivity contribution in [2.75, 3.05) is 4.90 Å². The van der Waals surface area contributed by atoms with Gasteiger partial charge in [-0.1, -0.05) is 177 Å². The Balaban J connectivity index is 0.963. The summed E-state index contributed by atoms with van der Waals surface area (Å²) in [4.78, 5) is 2.68. The number of rotatable bonds is 7. The van der Waals surface area contributed by atoms with E-state index in [2.05, 4.69) is 212 Å². The van der Waals surface area contributed by atoms with Crippen LogP contribution in [-0.2, 0) is 5.41 Å². The van der Waals surface area contributed by atoms with Crippen molar-refractivity contribution in [3.05, 3.63) is 230 Å². The van der Waals surface area contributed by atoms with Crippen LogP contribution in [0.1, 0.15) is 67.7 Å². The highest BCUT2D eigenvalue weighted by Gasteiger charge is 2.90. The molecule has 1 aromatic heterocycles. The molecule has 0 bridgehead atoms. The molecule has 9 aromatic rings. The first kappa shape index (κ1) is 39.8. The number of nitrogens with zero attached hydrogens (tertiary/aromatic N) is 1. The summed E-state index contributed by atoms with van der Waals surface area (Å²) in [6, 6.07) is 72.3. The summed E-state index contributed by atoms with van der Waals surface area (Å²) in [7, 11) is 0. The average Bonchev–Trinajstić information content (AvgIpc) is 3.94. The Hall–Kier alpha value is -7.00. The van der Waals surface area contributed by atoms with E-state index < -0.39 is 0 Å². The van der Waals surface area contributed by atoms with Crippen LogP contribution in [0, 0.1) is 35.0 Å². The van der Waals surface area contributed by atoms with Gasteiger partial charge >= 0.3 is 0 Å². The van der Waals surface area contributed by atoms with Crippen LogP contribution in [0.15, 0.2) is 188 Å². The molecule has 0 saturated heterocycles. The molecule has 5 atom stereocenters. The minimum atomic E-state index is 0.146. The van der Waals surface area contributed by atoms with Gasteiger partial charge in [0.2, 0.25) is 0 Å². The molecular formula is C68H53NS. The number of para-hydroxylation sites is 3. The zero-order valence-electron chi connectivity index (χ0n) is 39.5. The zero-order chi connectivity index (χ0) is 45.9. The molecular weight excluding hydrogens is 863 g/mol. The van der Waals surface area contributed by atoms with Crippen molar-refractivity contribution in [3.8, 4) is 33.4 Å². The maximum atomic E-state index is 2.68. The largest absolute Gasteiger partial charge is 0.309 e. The normalized spacial score (nSPS) is 25.6. The molecule has 7 aliphatic carbocycles. The predicted molar refractivity (Wildman–Crippen MR) is 292 cm³/mol. The van der Waals surface area contributed by atoms with Crippen LogP contribution in [0.4, 0.5) is 17.1 Å². The lowest BCUT2D eigenvalue weighted by Crippen LogP contribution is -2.88. The standard InChI is InChI=1S/C68H53NS/c1-41-33-36-61-66(54-25-9-14-32-60(54)70-61)64(41)53-24-8-13-31-59(53)69(58-30-12-7-23-51(58)52-27-16-20-43-19-15-26-48(65(43)52)42-17-3-2-4-18-42)57-29-11-6-21-47(57)44-34-35-50-49-22-5-10-28-55(49)68(56(50)37-44)62-39-45-38-46-40-63(68)67(45,46)62/h2-15,17-26,28-32,34-37,41,45-46,62-63H,16,27,33,38-40H2,1H3. The smallest absolute Gasteiger partial charge is 0.0540 e. The number of hydrogen-bond donors (Lipinski definition) is 0. The summed E-state index contributed by atoms with van der Waals surface area (Å²) in [6.07, 6.45) is 12.3. The number of fused-ring (bicyclic) bond motifs is 11. The molecule has 8 aromatic carbocycles. The first-order chi connectivity index (χ1) is 34.6. The van der Waals surface area contributed by atoms with E-state index in [-0.39, 0.29) is 5.41 Å². The maximum absolute atomic E-state index is 2.68. The van der Waals surface area contributed by atoms with Gasteiger partial charge in [-0.05, 0) is 164 Å². The highest BCUT2D eigenvalue weighted by Crippen LogP contribution is 2.94. The molecule has 70 heavy (non-hydrogen) atoms. The summed E-state index contributed by atoms with van der Waals surface area (Å²) >= 11 is 1.95. The first-order valence-corrected chi connectivity index (χ1v) is 26.9. The van der Waals surface area contributed by atoms with E-state index in [9.17, 15) is 0 Å². The number of thiophene rings is 1. The Labute approximate surface area is 414 Å². The number of benzene rings is 8. The Morgan fingerprint density at radius 1 is 0.500 bits per heavy atom. The zero-order valence-corrected chi connectivity index (χ0v) is 40.4. The predicted octanol–water partition coefficient (Wildman–Crippen LogP) is 14.4. The van der Waals surface area contributed by atoms with Gasteiger partial charge < -0.3 is 4.90 Å². The van der Waals surface area contributed by atoms with E-state index in [1.54, 1.807) is 11.1 Å². The van der Waals surface area contributed by atoms with Gasteiger partial charge in [0.15, 0.2) is 0 Å². The number of hydrogen-bond acceptors (Lipinski definition) is 2. The summed E-state index contributed by atoms with van der Waals surface area (Å²) in [5.74, 6) is 3.85. The third kappa shape index (κ3) is 4.98. The van der Waals surface area contributed by atoms with Crippen molar-refractivity contribution < 1.29 is 0 Å². The molecule has 7 aliphatic rings. The van der Waals surface area contributed by atoms with E-state index in [4.69, 9.17) is 0 Å². The lowest BCUT2D eigenvalue weighted by atomic mass is 9.11. The fourth-order valence-corrected chi connectivity index (χ4v) is 17.7. The summed E-state index contributed by atoms with van der Waals surface area (Å²) in [6.45, 7) is 2.45. The molecule has 0 radical (unpaired) electrons. The minimum absolute atomic E-state index is 0.146. The molecule has 1 nitrogen and oxygen atoms in total. The average molecular weight is 916 g/mol. The van der Waals surface area contributed by atoms with Crippen molar-refractivity contribution >= 4 is 61.8 Å². The SMILES string of the molecule is CC1CC=c2sc3ccccc3c2=C1c1ccccc1N(c1ccccc1C1=c2c(-c3ccccc3)cccc2=CCC1)c1ccccc1-c1ccc2c(c1)C1(c3ccccc3-2)C2CC3CC4CC1C342. The van der Waals surface area contributed by atoms with Crippen LogP contribution in [0.3, 0.4) is 0 Å². The highest BCUT2D eigenvalue weighted by molar-refractivity contribution is 7.17. The fourth-order valence-electron chi connectivity index (χ4n) is 16.5. The molecule has 0 aliphatic heterocycles. The van der Waals surface area contributed by atoms with Gasteiger partial charge in [-0.25, -0.2) is 0 Å². The maximum Gasteiger partial charge on any atom is 0.0540 e. The second kappa shape index (κ2) is 14.5. The van der Waals surface area contributed by atoms with Crippen LogP contribution in [-0.4, -0.2) is 0 Å². The Morgan fingerprint density at radius 3 is 1.94 bits per heavy atom. The molecule has 0 N–H and O–H groups in total.